The molecular weight excluding hydrogens is 313 g/mol. The van der Waals surface area contributed by atoms with E-state index in [0.29, 0.717) is 11.0 Å². The van der Waals surface area contributed by atoms with Gasteiger partial charge in [0.2, 0.25) is 0 Å². The number of rotatable bonds is 5. The van der Waals surface area contributed by atoms with Gasteiger partial charge in [-0.15, -0.1) is 0 Å². The maximum absolute atomic E-state index is 13.4. The number of carbonyl (C=O) groups is 1. The van der Waals surface area contributed by atoms with Gasteiger partial charge in [0, 0.05) is 12.1 Å². The second-order valence-electron chi connectivity index (χ2n) is 5.62. The Morgan fingerprint density at radius 1 is 1.37 bits per heavy atom. The molecule has 106 valence electrons. The molecule has 0 saturated heterocycles. The zero-order valence-electron chi connectivity index (χ0n) is 11.6. The predicted molar refractivity (Wildman–Crippen MR) is 76.4 cm³/mol. The summed E-state index contributed by atoms with van der Waals surface area (Å²) in [5, 5.41) is 12.5. The maximum atomic E-state index is 13.4. The van der Waals surface area contributed by atoms with Crippen LogP contribution in [0.3, 0.4) is 0 Å². The summed E-state index contributed by atoms with van der Waals surface area (Å²) in [5.74, 6) is -1.20. The highest BCUT2D eigenvalue weighted by atomic mass is 79.9. The highest BCUT2D eigenvalue weighted by Gasteiger charge is 2.43. The number of hydrogen-bond donors (Lipinski definition) is 2. The fourth-order valence-corrected chi connectivity index (χ4v) is 1.89. The van der Waals surface area contributed by atoms with Gasteiger partial charge in [0.25, 0.3) is 0 Å². The molecule has 0 atom stereocenters. The third kappa shape index (κ3) is 3.34. The van der Waals surface area contributed by atoms with Gasteiger partial charge in [-0.25, -0.2) is 4.39 Å². The standard InChI is InChI=1S/C14H19BrFNO2/c1-13(2,12(18)19)14(3,4)17-8-9-6-5-7-10(16)11(9)15/h5-7,17H,8H2,1-4H3,(H,18,19). The van der Waals surface area contributed by atoms with E-state index in [1.807, 2.05) is 13.8 Å². The Balaban J connectivity index is 2.87. The van der Waals surface area contributed by atoms with Crippen molar-refractivity contribution in [3.8, 4) is 0 Å². The number of nitrogens with one attached hydrogen (secondary N) is 1. The van der Waals surface area contributed by atoms with E-state index in [9.17, 15) is 14.3 Å². The van der Waals surface area contributed by atoms with E-state index in [1.54, 1.807) is 26.0 Å². The van der Waals surface area contributed by atoms with Gasteiger partial charge in [-0.1, -0.05) is 12.1 Å². The van der Waals surface area contributed by atoms with E-state index in [-0.39, 0.29) is 5.82 Å². The average Bonchev–Trinajstić information content (AvgIpc) is 2.30. The summed E-state index contributed by atoms with van der Waals surface area (Å²) < 4.78 is 13.8. The molecule has 0 unspecified atom stereocenters. The number of aliphatic carboxylic acids is 1. The molecule has 3 nitrogen and oxygen atoms in total. The quantitative estimate of drug-likeness (QED) is 0.867. The summed E-state index contributed by atoms with van der Waals surface area (Å²) in [7, 11) is 0. The Hall–Kier alpha value is -0.940. The molecular formula is C14H19BrFNO2. The van der Waals surface area contributed by atoms with Crippen molar-refractivity contribution in [1.82, 2.24) is 5.32 Å². The van der Waals surface area contributed by atoms with Gasteiger partial charge in [-0.2, -0.15) is 0 Å². The molecule has 0 aliphatic rings. The maximum Gasteiger partial charge on any atom is 0.310 e. The van der Waals surface area contributed by atoms with Crippen molar-refractivity contribution in [3.05, 3.63) is 34.1 Å². The summed E-state index contributed by atoms with van der Waals surface area (Å²) in [6, 6.07) is 4.80. The van der Waals surface area contributed by atoms with E-state index in [1.165, 1.54) is 6.07 Å². The molecule has 0 aliphatic heterocycles. The number of halogens is 2. The van der Waals surface area contributed by atoms with Crippen LogP contribution in [-0.4, -0.2) is 16.6 Å². The van der Waals surface area contributed by atoms with Crippen molar-refractivity contribution >= 4 is 21.9 Å². The summed E-state index contributed by atoms with van der Waals surface area (Å²) in [6.45, 7) is 7.39. The van der Waals surface area contributed by atoms with Crippen LogP contribution in [0.15, 0.2) is 22.7 Å². The molecule has 5 heteroatoms. The lowest BCUT2D eigenvalue weighted by molar-refractivity contribution is -0.151. The zero-order chi connectivity index (χ0) is 14.8. The Kier molecular flexibility index (Phi) is 4.74. The van der Waals surface area contributed by atoms with Crippen molar-refractivity contribution in [2.75, 3.05) is 0 Å². The first-order chi connectivity index (χ1) is 8.59. The number of carboxylic acids is 1. The SMILES string of the molecule is CC(C)(NCc1cccc(F)c1Br)C(C)(C)C(=O)O. The minimum Gasteiger partial charge on any atom is -0.481 e. The molecule has 1 aromatic carbocycles. The summed E-state index contributed by atoms with van der Waals surface area (Å²) in [5.41, 5.74) is -0.813. The molecule has 0 saturated carbocycles. The Morgan fingerprint density at radius 2 is 1.95 bits per heavy atom. The second-order valence-corrected chi connectivity index (χ2v) is 6.41. The average molecular weight is 332 g/mol. The molecule has 1 aromatic rings. The van der Waals surface area contributed by atoms with Crippen molar-refractivity contribution in [2.24, 2.45) is 5.41 Å². The van der Waals surface area contributed by atoms with E-state index in [0.717, 1.165) is 5.56 Å². The molecule has 0 spiro atoms. The van der Waals surface area contributed by atoms with Crippen LogP contribution in [0.4, 0.5) is 4.39 Å². The van der Waals surface area contributed by atoms with Gasteiger partial charge in [-0.3, -0.25) is 4.79 Å². The fraction of sp³-hybridized carbons (Fsp3) is 0.500. The molecule has 0 fully saturated rings. The monoisotopic (exact) mass is 331 g/mol. The third-order valence-electron chi connectivity index (χ3n) is 3.85. The van der Waals surface area contributed by atoms with Crippen molar-refractivity contribution < 1.29 is 14.3 Å². The molecule has 19 heavy (non-hydrogen) atoms. The third-order valence-corrected chi connectivity index (χ3v) is 4.74. The summed E-state index contributed by atoms with van der Waals surface area (Å²) in [6.07, 6.45) is 0. The first-order valence-corrected chi connectivity index (χ1v) is 6.80. The van der Waals surface area contributed by atoms with Crippen LogP contribution in [0.1, 0.15) is 33.3 Å². The van der Waals surface area contributed by atoms with Gasteiger partial charge >= 0.3 is 5.97 Å². The normalized spacial score (nSPS) is 12.5. The lowest BCUT2D eigenvalue weighted by Crippen LogP contribution is -2.54. The minimum atomic E-state index is -0.938. The van der Waals surface area contributed by atoms with Gasteiger partial charge in [0.1, 0.15) is 5.82 Å². The number of benzene rings is 1. The topological polar surface area (TPSA) is 49.3 Å². The minimum absolute atomic E-state index is 0.324. The number of carboxylic acid groups (broad SMARTS) is 1. The molecule has 2 N–H and O–H groups in total. The van der Waals surface area contributed by atoms with Crippen molar-refractivity contribution in [2.45, 2.75) is 39.8 Å². The fourth-order valence-electron chi connectivity index (χ4n) is 1.49. The second kappa shape index (κ2) is 5.59. The summed E-state index contributed by atoms with van der Waals surface area (Å²) in [4.78, 5) is 11.3. The van der Waals surface area contributed by atoms with Gasteiger partial charge < -0.3 is 10.4 Å². The lowest BCUT2D eigenvalue weighted by Gasteiger charge is -2.39. The molecule has 1 rings (SSSR count). The van der Waals surface area contributed by atoms with E-state index in [2.05, 4.69) is 21.2 Å². The highest BCUT2D eigenvalue weighted by molar-refractivity contribution is 9.10. The van der Waals surface area contributed by atoms with Gasteiger partial charge in [-0.05, 0) is 55.3 Å². The Morgan fingerprint density at radius 3 is 2.47 bits per heavy atom. The van der Waals surface area contributed by atoms with Gasteiger partial charge in [0.05, 0.1) is 9.89 Å². The molecule has 0 heterocycles. The van der Waals surface area contributed by atoms with Gasteiger partial charge in [0.15, 0.2) is 0 Å². The molecule has 0 radical (unpaired) electrons. The van der Waals surface area contributed by atoms with Crippen molar-refractivity contribution in [3.63, 3.8) is 0 Å². The van der Waals surface area contributed by atoms with Crippen molar-refractivity contribution in [1.29, 1.82) is 0 Å². The first kappa shape index (κ1) is 16.1. The highest BCUT2D eigenvalue weighted by Crippen LogP contribution is 2.31. The van der Waals surface area contributed by atoms with Crippen LogP contribution in [0.25, 0.3) is 0 Å². The molecule has 0 aromatic heterocycles. The van der Waals surface area contributed by atoms with Crippen LogP contribution >= 0.6 is 15.9 Å². The van der Waals surface area contributed by atoms with Crippen LogP contribution in [0.5, 0.6) is 0 Å². The zero-order valence-corrected chi connectivity index (χ0v) is 13.1. The summed E-state index contributed by atoms with van der Waals surface area (Å²) >= 11 is 3.20. The number of hydrogen-bond acceptors (Lipinski definition) is 2. The van der Waals surface area contributed by atoms with Crippen LogP contribution < -0.4 is 5.32 Å². The van der Waals surface area contributed by atoms with Crippen LogP contribution in [0.2, 0.25) is 0 Å². The smallest absolute Gasteiger partial charge is 0.310 e. The van der Waals surface area contributed by atoms with E-state index < -0.39 is 16.9 Å². The van der Waals surface area contributed by atoms with Crippen LogP contribution in [-0.2, 0) is 11.3 Å². The molecule has 0 amide bonds. The Bertz CT molecular complexity index is 486. The molecule has 0 bridgehead atoms. The predicted octanol–water partition coefficient (Wildman–Crippen LogP) is 3.57. The lowest BCUT2D eigenvalue weighted by atomic mass is 9.74. The first-order valence-electron chi connectivity index (χ1n) is 6.01. The van der Waals surface area contributed by atoms with E-state index in [4.69, 9.17) is 0 Å². The molecule has 0 aliphatic carbocycles. The van der Waals surface area contributed by atoms with E-state index >= 15 is 0 Å². The Labute approximate surface area is 121 Å². The van der Waals surface area contributed by atoms with Crippen LogP contribution in [0, 0.1) is 11.2 Å². The largest absolute Gasteiger partial charge is 0.481 e.